The lowest BCUT2D eigenvalue weighted by molar-refractivity contribution is 0.397. The third kappa shape index (κ3) is 4.24. The molecule has 1 aliphatic heterocycles. The summed E-state index contributed by atoms with van der Waals surface area (Å²) in [5, 5.41) is 3.17. The van der Waals surface area contributed by atoms with Crippen molar-refractivity contribution in [1.29, 1.82) is 0 Å². The zero-order chi connectivity index (χ0) is 13.7. The molecule has 0 aliphatic carbocycles. The van der Waals surface area contributed by atoms with Crippen LogP contribution in [0.2, 0.25) is 0 Å². The molecule has 1 heterocycles. The van der Waals surface area contributed by atoms with Gasteiger partial charge in [0.1, 0.15) is 0 Å². The fourth-order valence-electron chi connectivity index (χ4n) is 2.46. The highest BCUT2D eigenvalue weighted by Crippen LogP contribution is 2.14. The molecular weight excluding hydrogens is 236 g/mol. The minimum absolute atomic E-state index is 0.516. The van der Waals surface area contributed by atoms with Gasteiger partial charge in [-0.2, -0.15) is 0 Å². The molecule has 104 valence electrons. The summed E-state index contributed by atoms with van der Waals surface area (Å²) in [5.74, 6) is 1.16. The van der Waals surface area contributed by atoms with Gasteiger partial charge in [-0.05, 0) is 50.0 Å². The predicted octanol–water partition coefficient (Wildman–Crippen LogP) is 1.93. The number of hydrogen-bond acceptors (Lipinski definition) is 2. The molecule has 4 nitrogen and oxygen atoms in total. The molecule has 1 aromatic rings. The third-order valence-electron chi connectivity index (χ3n) is 3.62. The Bertz CT molecular complexity index is 442. The molecular formula is C15H24N4. The van der Waals surface area contributed by atoms with Gasteiger partial charge in [0.25, 0.3) is 0 Å². The van der Waals surface area contributed by atoms with Crippen LogP contribution in [0.1, 0.15) is 18.9 Å². The summed E-state index contributed by atoms with van der Waals surface area (Å²) in [7, 11) is 2.15. The van der Waals surface area contributed by atoms with Crippen molar-refractivity contribution in [3.8, 4) is 0 Å². The van der Waals surface area contributed by atoms with Gasteiger partial charge in [0.15, 0.2) is 5.96 Å². The molecule has 1 unspecified atom stereocenters. The highest BCUT2D eigenvalue weighted by molar-refractivity contribution is 5.92. The first-order chi connectivity index (χ1) is 9.17. The molecule has 2 rings (SSSR count). The van der Waals surface area contributed by atoms with E-state index in [0.29, 0.717) is 11.9 Å². The van der Waals surface area contributed by atoms with Crippen molar-refractivity contribution >= 4 is 11.6 Å². The third-order valence-corrected chi connectivity index (χ3v) is 3.62. The van der Waals surface area contributed by atoms with Gasteiger partial charge in [0.2, 0.25) is 0 Å². The van der Waals surface area contributed by atoms with Crippen LogP contribution in [0, 0.1) is 5.92 Å². The number of nitrogens with zero attached hydrogens (tertiary/aromatic N) is 2. The Morgan fingerprint density at radius 1 is 1.53 bits per heavy atom. The second kappa shape index (κ2) is 6.57. The second-order valence-corrected chi connectivity index (χ2v) is 5.32. The first-order valence-corrected chi connectivity index (χ1v) is 7.01. The van der Waals surface area contributed by atoms with Crippen LogP contribution in [0.5, 0.6) is 0 Å². The number of rotatable bonds is 4. The van der Waals surface area contributed by atoms with E-state index >= 15 is 0 Å². The van der Waals surface area contributed by atoms with E-state index in [2.05, 4.69) is 41.3 Å². The number of benzene rings is 1. The second-order valence-electron chi connectivity index (χ2n) is 5.32. The quantitative estimate of drug-likeness (QED) is 0.642. The fraction of sp³-hybridized carbons (Fsp3) is 0.533. The summed E-state index contributed by atoms with van der Waals surface area (Å²) in [4.78, 5) is 6.79. The van der Waals surface area contributed by atoms with E-state index in [4.69, 9.17) is 5.73 Å². The Kier molecular flexibility index (Phi) is 4.80. The van der Waals surface area contributed by atoms with E-state index in [-0.39, 0.29) is 0 Å². The van der Waals surface area contributed by atoms with Crippen LogP contribution in [0.4, 0.5) is 5.69 Å². The molecule has 0 radical (unpaired) electrons. The molecule has 0 saturated carbocycles. The Hall–Kier alpha value is -1.55. The molecule has 0 spiro atoms. The number of likely N-dealkylation sites (tertiary alicyclic amines) is 1. The minimum Gasteiger partial charge on any atom is -0.370 e. The van der Waals surface area contributed by atoms with Crippen LogP contribution in [0.25, 0.3) is 0 Å². The van der Waals surface area contributed by atoms with Crippen molar-refractivity contribution in [2.24, 2.45) is 16.6 Å². The van der Waals surface area contributed by atoms with Crippen molar-refractivity contribution in [2.75, 3.05) is 32.0 Å². The molecule has 3 N–H and O–H groups in total. The topological polar surface area (TPSA) is 53.6 Å². The van der Waals surface area contributed by atoms with Crippen molar-refractivity contribution in [1.82, 2.24) is 4.90 Å². The smallest absolute Gasteiger partial charge is 0.193 e. The Morgan fingerprint density at radius 3 is 3.05 bits per heavy atom. The number of guanidine groups is 1. The van der Waals surface area contributed by atoms with Gasteiger partial charge in [-0.25, -0.2) is 0 Å². The summed E-state index contributed by atoms with van der Waals surface area (Å²) >= 11 is 0. The van der Waals surface area contributed by atoms with Gasteiger partial charge >= 0.3 is 0 Å². The number of nitrogens with one attached hydrogen (secondary N) is 1. The average Bonchev–Trinajstić information content (AvgIpc) is 2.82. The minimum atomic E-state index is 0.516. The van der Waals surface area contributed by atoms with Gasteiger partial charge in [-0.15, -0.1) is 0 Å². The SMILES string of the molecule is CCc1cccc(NC(N)=NCC2CCN(C)C2)c1. The van der Waals surface area contributed by atoms with Crippen LogP contribution in [0.3, 0.4) is 0 Å². The summed E-state index contributed by atoms with van der Waals surface area (Å²) < 4.78 is 0. The number of aryl methyl sites for hydroxylation is 1. The van der Waals surface area contributed by atoms with Crippen molar-refractivity contribution in [3.63, 3.8) is 0 Å². The molecule has 1 aliphatic rings. The van der Waals surface area contributed by atoms with Gasteiger partial charge in [0.05, 0.1) is 0 Å². The normalized spacial score (nSPS) is 20.7. The van der Waals surface area contributed by atoms with E-state index in [1.165, 1.54) is 18.5 Å². The lowest BCUT2D eigenvalue weighted by Crippen LogP contribution is -2.24. The molecule has 1 aromatic carbocycles. The van der Waals surface area contributed by atoms with Gasteiger partial charge in [-0.3, -0.25) is 4.99 Å². The van der Waals surface area contributed by atoms with E-state index in [1.54, 1.807) is 0 Å². The highest BCUT2D eigenvalue weighted by atomic mass is 15.1. The maximum absolute atomic E-state index is 5.94. The van der Waals surface area contributed by atoms with Crippen LogP contribution in [0.15, 0.2) is 29.3 Å². The van der Waals surface area contributed by atoms with E-state index < -0.39 is 0 Å². The van der Waals surface area contributed by atoms with E-state index in [0.717, 1.165) is 25.2 Å². The predicted molar refractivity (Wildman–Crippen MR) is 81.5 cm³/mol. The fourth-order valence-corrected chi connectivity index (χ4v) is 2.46. The van der Waals surface area contributed by atoms with Crippen molar-refractivity contribution in [2.45, 2.75) is 19.8 Å². The van der Waals surface area contributed by atoms with Crippen LogP contribution < -0.4 is 11.1 Å². The van der Waals surface area contributed by atoms with Gasteiger partial charge in [-0.1, -0.05) is 19.1 Å². The number of aliphatic imine (C=N–C) groups is 1. The highest BCUT2D eigenvalue weighted by Gasteiger charge is 2.18. The van der Waals surface area contributed by atoms with Crippen molar-refractivity contribution < 1.29 is 0 Å². The molecule has 0 bridgehead atoms. The van der Waals surface area contributed by atoms with E-state index in [1.807, 2.05) is 12.1 Å². The van der Waals surface area contributed by atoms with E-state index in [9.17, 15) is 0 Å². The molecule has 1 fully saturated rings. The molecule has 19 heavy (non-hydrogen) atoms. The Balaban J connectivity index is 1.87. The Labute approximate surface area is 115 Å². The van der Waals surface area contributed by atoms with Gasteiger partial charge < -0.3 is 16.0 Å². The molecule has 0 amide bonds. The van der Waals surface area contributed by atoms with Gasteiger partial charge in [0, 0.05) is 18.8 Å². The summed E-state index contributed by atoms with van der Waals surface area (Å²) in [6.45, 7) is 5.26. The molecule has 1 atom stereocenters. The zero-order valence-corrected chi connectivity index (χ0v) is 11.9. The number of nitrogens with two attached hydrogens (primary N) is 1. The standard InChI is InChI=1S/C15H24N4/c1-3-12-5-4-6-14(9-12)18-15(16)17-10-13-7-8-19(2)11-13/h4-6,9,13H,3,7-8,10-11H2,1-2H3,(H3,16,17,18). The van der Waals surface area contributed by atoms with Crippen LogP contribution in [-0.4, -0.2) is 37.5 Å². The lowest BCUT2D eigenvalue weighted by atomic mass is 10.1. The lowest BCUT2D eigenvalue weighted by Gasteiger charge is -2.10. The summed E-state index contributed by atoms with van der Waals surface area (Å²) in [6, 6.07) is 8.30. The summed E-state index contributed by atoms with van der Waals surface area (Å²) in [6.07, 6.45) is 2.25. The van der Waals surface area contributed by atoms with Crippen LogP contribution >= 0.6 is 0 Å². The largest absolute Gasteiger partial charge is 0.370 e. The zero-order valence-electron chi connectivity index (χ0n) is 11.9. The maximum atomic E-state index is 5.94. The van der Waals surface area contributed by atoms with Crippen LogP contribution in [-0.2, 0) is 6.42 Å². The molecule has 0 aromatic heterocycles. The number of anilines is 1. The molecule has 1 saturated heterocycles. The number of hydrogen-bond donors (Lipinski definition) is 2. The molecule has 4 heteroatoms. The first kappa shape index (κ1) is 13.9. The summed E-state index contributed by atoms with van der Waals surface area (Å²) in [5.41, 5.74) is 8.25. The Morgan fingerprint density at radius 2 is 2.37 bits per heavy atom. The maximum Gasteiger partial charge on any atom is 0.193 e. The first-order valence-electron chi connectivity index (χ1n) is 7.01. The van der Waals surface area contributed by atoms with Crippen molar-refractivity contribution in [3.05, 3.63) is 29.8 Å². The monoisotopic (exact) mass is 260 g/mol. The average molecular weight is 260 g/mol.